The van der Waals surface area contributed by atoms with Crippen molar-refractivity contribution >= 4 is 29.4 Å². The smallest absolute Gasteiger partial charge is 0.254 e. The van der Waals surface area contributed by atoms with Crippen LogP contribution in [0.15, 0.2) is 60.7 Å². The maximum atomic E-state index is 2.46. The molecule has 4 rings (SSSR count). The van der Waals surface area contributed by atoms with Crippen molar-refractivity contribution in [2.75, 3.05) is 4.81 Å². The molecule has 0 bridgehead atoms. The lowest BCUT2D eigenvalue weighted by Crippen LogP contribution is -2.30. The van der Waals surface area contributed by atoms with Gasteiger partial charge < -0.3 is 4.81 Å². The van der Waals surface area contributed by atoms with Gasteiger partial charge in [-0.25, -0.2) is 0 Å². The summed E-state index contributed by atoms with van der Waals surface area (Å²) >= 11 is 0. The summed E-state index contributed by atoms with van der Waals surface area (Å²) in [6, 6.07) is 17.6. The Morgan fingerprint density at radius 1 is 0.762 bits per heavy atom. The van der Waals surface area contributed by atoms with E-state index in [0.29, 0.717) is 6.85 Å². The Kier molecular flexibility index (Phi) is 2.78. The van der Waals surface area contributed by atoms with Crippen molar-refractivity contribution in [3.8, 4) is 0 Å². The summed E-state index contributed by atoms with van der Waals surface area (Å²) in [6.07, 6.45) is 5.75. The summed E-state index contributed by atoms with van der Waals surface area (Å²) in [6.45, 7) is 4.95. The molecule has 102 valence electrons. The SMILES string of the molecule is CB(C)N1c2ccccc2C2=CCC=C2c2ccccc21. The Balaban J connectivity index is 2.09. The number of anilines is 2. The van der Waals surface area contributed by atoms with Crippen LogP contribution >= 0.6 is 0 Å². The van der Waals surface area contributed by atoms with E-state index in [9.17, 15) is 0 Å². The lowest BCUT2D eigenvalue weighted by Gasteiger charge is -2.29. The van der Waals surface area contributed by atoms with Gasteiger partial charge in [-0.1, -0.05) is 62.2 Å². The van der Waals surface area contributed by atoms with Crippen LogP contribution in [0.25, 0.3) is 11.1 Å². The number of nitrogens with zero attached hydrogens (tertiary/aromatic N) is 1. The van der Waals surface area contributed by atoms with Crippen molar-refractivity contribution in [2.24, 2.45) is 0 Å². The molecule has 0 unspecified atom stereocenters. The first-order valence-corrected chi connectivity index (χ1v) is 7.66. The lowest BCUT2D eigenvalue weighted by molar-refractivity contribution is 1.35. The van der Waals surface area contributed by atoms with Crippen LogP contribution in [-0.2, 0) is 0 Å². The molecule has 0 atom stereocenters. The predicted molar refractivity (Wildman–Crippen MR) is 93.1 cm³/mol. The molecule has 21 heavy (non-hydrogen) atoms. The topological polar surface area (TPSA) is 3.24 Å². The Morgan fingerprint density at radius 2 is 1.24 bits per heavy atom. The number of allylic oxidation sites excluding steroid dienone is 4. The van der Waals surface area contributed by atoms with E-state index in [-0.39, 0.29) is 0 Å². The summed E-state index contributed by atoms with van der Waals surface area (Å²) < 4.78 is 0. The van der Waals surface area contributed by atoms with Crippen molar-refractivity contribution in [1.29, 1.82) is 0 Å². The van der Waals surface area contributed by atoms with Crippen molar-refractivity contribution in [2.45, 2.75) is 20.1 Å². The summed E-state index contributed by atoms with van der Waals surface area (Å²) in [5.41, 5.74) is 8.12. The molecule has 0 aromatic heterocycles. The zero-order valence-electron chi connectivity index (χ0n) is 12.5. The number of benzene rings is 2. The van der Waals surface area contributed by atoms with Gasteiger partial charge in [0.1, 0.15) is 0 Å². The molecule has 0 radical (unpaired) electrons. The van der Waals surface area contributed by atoms with E-state index in [4.69, 9.17) is 0 Å². The van der Waals surface area contributed by atoms with Gasteiger partial charge in [-0.2, -0.15) is 0 Å². The highest BCUT2D eigenvalue weighted by molar-refractivity contribution is 6.62. The Bertz CT molecular complexity index is 709. The van der Waals surface area contributed by atoms with Gasteiger partial charge in [-0.3, -0.25) is 0 Å². The van der Waals surface area contributed by atoms with E-state index in [1.165, 1.54) is 33.6 Å². The Labute approximate surface area is 126 Å². The third-order valence-electron chi connectivity index (χ3n) is 4.36. The van der Waals surface area contributed by atoms with Crippen LogP contribution in [0, 0.1) is 0 Å². The van der Waals surface area contributed by atoms with E-state index in [2.05, 4.69) is 79.1 Å². The van der Waals surface area contributed by atoms with Crippen LogP contribution in [0.1, 0.15) is 17.5 Å². The van der Waals surface area contributed by atoms with Gasteiger partial charge in [0, 0.05) is 22.5 Å². The van der Waals surface area contributed by atoms with Crippen molar-refractivity contribution in [1.82, 2.24) is 0 Å². The van der Waals surface area contributed by atoms with Gasteiger partial charge >= 0.3 is 0 Å². The monoisotopic (exact) mass is 271 g/mol. The zero-order chi connectivity index (χ0) is 14.4. The standard InChI is InChI=1S/C19H18BN/c1-20(2)21-18-12-5-3-8-16(18)14-10-7-11-15(14)17-9-4-6-13-19(17)21/h3-6,8-13H,7H2,1-2H3. The molecule has 1 aliphatic heterocycles. The minimum absolute atomic E-state index is 0.423. The van der Waals surface area contributed by atoms with E-state index in [1.54, 1.807) is 0 Å². The average molecular weight is 271 g/mol. The Morgan fingerprint density at radius 3 is 1.71 bits per heavy atom. The van der Waals surface area contributed by atoms with Gasteiger partial charge in [0.15, 0.2) is 0 Å². The fourth-order valence-corrected chi connectivity index (χ4v) is 3.53. The fraction of sp³-hybridized carbons (Fsp3) is 0.158. The minimum Gasteiger partial charge on any atom is -0.386 e. The molecule has 2 aromatic carbocycles. The first kappa shape index (κ1) is 12.5. The highest BCUT2D eigenvalue weighted by Crippen LogP contribution is 2.48. The molecule has 2 heteroatoms. The normalized spacial score (nSPS) is 15.4. The van der Waals surface area contributed by atoms with Gasteiger partial charge in [0.25, 0.3) is 6.85 Å². The van der Waals surface area contributed by atoms with Crippen LogP contribution in [0.3, 0.4) is 0 Å². The quantitative estimate of drug-likeness (QED) is 0.639. The molecule has 0 N–H and O–H groups in total. The van der Waals surface area contributed by atoms with Crippen LogP contribution < -0.4 is 4.81 Å². The molecule has 1 nitrogen and oxygen atoms in total. The number of fused-ring (bicyclic) bond motifs is 5. The molecule has 1 heterocycles. The average Bonchev–Trinajstić information content (AvgIpc) is 2.93. The molecule has 0 spiro atoms. The molecule has 0 amide bonds. The minimum atomic E-state index is 0.423. The van der Waals surface area contributed by atoms with E-state index in [1.807, 2.05) is 0 Å². The largest absolute Gasteiger partial charge is 0.386 e. The first-order chi connectivity index (χ1) is 10.3. The number of hydrogen-bond acceptors (Lipinski definition) is 1. The third kappa shape index (κ3) is 1.79. The molecule has 2 aliphatic rings. The maximum absolute atomic E-state index is 2.46. The summed E-state index contributed by atoms with van der Waals surface area (Å²) in [7, 11) is 0. The third-order valence-corrected chi connectivity index (χ3v) is 4.36. The molecule has 0 fully saturated rings. The molecule has 1 aliphatic carbocycles. The Hall–Kier alpha value is -2.22. The highest BCUT2D eigenvalue weighted by Gasteiger charge is 2.29. The second kappa shape index (κ2) is 4.66. The summed E-state index contributed by atoms with van der Waals surface area (Å²) in [4.78, 5) is 2.46. The molecule has 2 aromatic rings. The van der Waals surface area contributed by atoms with Crippen LogP contribution in [0.5, 0.6) is 0 Å². The van der Waals surface area contributed by atoms with Gasteiger partial charge in [-0.05, 0) is 29.7 Å². The van der Waals surface area contributed by atoms with Gasteiger partial charge in [0.05, 0.1) is 0 Å². The predicted octanol–water partition coefficient (Wildman–Crippen LogP) is 5.26. The first-order valence-electron chi connectivity index (χ1n) is 7.66. The summed E-state index contributed by atoms with van der Waals surface area (Å²) in [5, 5.41) is 0. The number of rotatable bonds is 1. The maximum Gasteiger partial charge on any atom is 0.254 e. The second-order valence-electron chi connectivity index (χ2n) is 5.97. The molecule has 0 saturated heterocycles. The number of para-hydroxylation sites is 2. The lowest BCUT2D eigenvalue weighted by atomic mass is 9.65. The van der Waals surface area contributed by atoms with Crippen LogP contribution in [0.4, 0.5) is 11.4 Å². The van der Waals surface area contributed by atoms with E-state index in [0.717, 1.165) is 6.42 Å². The number of hydrogen-bond donors (Lipinski definition) is 0. The van der Waals surface area contributed by atoms with Gasteiger partial charge in [-0.15, -0.1) is 0 Å². The van der Waals surface area contributed by atoms with Crippen LogP contribution in [-0.4, -0.2) is 6.85 Å². The van der Waals surface area contributed by atoms with E-state index < -0.39 is 0 Å². The van der Waals surface area contributed by atoms with E-state index >= 15 is 0 Å². The zero-order valence-corrected chi connectivity index (χ0v) is 12.5. The second-order valence-corrected chi connectivity index (χ2v) is 5.97. The molecule has 0 saturated carbocycles. The highest BCUT2D eigenvalue weighted by atomic mass is 15.1. The van der Waals surface area contributed by atoms with Crippen molar-refractivity contribution in [3.05, 3.63) is 71.8 Å². The molecular weight excluding hydrogens is 253 g/mol. The van der Waals surface area contributed by atoms with Crippen molar-refractivity contribution < 1.29 is 0 Å². The van der Waals surface area contributed by atoms with Gasteiger partial charge in [0.2, 0.25) is 0 Å². The van der Waals surface area contributed by atoms with Crippen molar-refractivity contribution in [3.63, 3.8) is 0 Å². The fourth-order valence-electron chi connectivity index (χ4n) is 3.53. The molecular formula is C19H18BN. The van der Waals surface area contributed by atoms with Crippen LogP contribution in [0.2, 0.25) is 13.6 Å². The summed E-state index contributed by atoms with van der Waals surface area (Å²) in [5.74, 6) is 0.